The van der Waals surface area contributed by atoms with E-state index < -0.39 is 27.7 Å². The highest BCUT2D eigenvalue weighted by Crippen LogP contribution is 2.25. The molecule has 6 aromatic carbocycles. The molecule has 0 aliphatic rings. The SMILES string of the molecule is C.C.COc1ccc(COC(=O)/C=C/c2ccc(OCc3ccc(OC)cc3)cc2)cc1.COc1ccc(COC(=O)CC(C[N+](=O)[O-])c2ccc(OCc3ccc(OC)cc3)cc2)cc1.C[N+](=O)[O-]. The van der Waals surface area contributed by atoms with Crippen molar-refractivity contribution >= 4 is 18.0 Å². The van der Waals surface area contributed by atoms with Gasteiger partial charge in [0, 0.05) is 15.9 Å². The topological polar surface area (TPSA) is 194 Å². The number of rotatable bonds is 21. The molecule has 0 radical (unpaired) electrons. The second-order valence-corrected chi connectivity index (χ2v) is 14.6. The van der Waals surface area contributed by atoms with E-state index >= 15 is 0 Å². The summed E-state index contributed by atoms with van der Waals surface area (Å²) in [4.78, 5) is 43.4. The Balaban J connectivity index is 0.000000437. The fourth-order valence-corrected chi connectivity index (χ4v) is 5.99. The van der Waals surface area contributed by atoms with Crippen LogP contribution in [0.5, 0.6) is 34.5 Å². The van der Waals surface area contributed by atoms with Crippen molar-refractivity contribution < 1.29 is 57.3 Å². The minimum Gasteiger partial charge on any atom is -0.497 e. The van der Waals surface area contributed by atoms with Crippen LogP contribution in [0.15, 0.2) is 152 Å². The number of hydrogen-bond donors (Lipinski definition) is 0. The lowest BCUT2D eigenvalue weighted by Gasteiger charge is -2.14. The zero-order valence-electron chi connectivity index (χ0n) is 38.4. The van der Waals surface area contributed by atoms with Gasteiger partial charge in [-0.25, -0.2) is 4.79 Å². The van der Waals surface area contributed by atoms with Crippen LogP contribution in [0.3, 0.4) is 0 Å². The number of nitrogens with zero attached hydrogens (tertiary/aromatic N) is 2. The smallest absolute Gasteiger partial charge is 0.331 e. The molecule has 1 atom stereocenters. The van der Waals surface area contributed by atoms with E-state index in [1.165, 1.54) is 6.08 Å². The lowest BCUT2D eigenvalue weighted by atomic mass is 9.96. The minimum absolute atomic E-state index is 0. The first-order chi connectivity index (χ1) is 32.8. The lowest BCUT2D eigenvalue weighted by Crippen LogP contribution is -2.18. The molecule has 0 N–H and O–H groups in total. The summed E-state index contributed by atoms with van der Waals surface area (Å²) in [7, 11) is 7.32. The molecule has 6 rings (SSSR count). The van der Waals surface area contributed by atoms with Crippen molar-refractivity contribution in [1.29, 1.82) is 0 Å². The van der Waals surface area contributed by atoms with Crippen LogP contribution in [0, 0.1) is 20.2 Å². The van der Waals surface area contributed by atoms with Gasteiger partial charge in [0.15, 0.2) is 7.05 Å². The maximum Gasteiger partial charge on any atom is 0.331 e. The molecule has 0 amide bonds. The minimum atomic E-state index is -0.603. The summed E-state index contributed by atoms with van der Waals surface area (Å²) in [5.74, 6) is 2.94. The van der Waals surface area contributed by atoms with Gasteiger partial charge >= 0.3 is 11.9 Å². The molecule has 0 aliphatic carbocycles. The predicted octanol–water partition coefficient (Wildman–Crippen LogP) is 11.0. The second kappa shape index (κ2) is 31.6. The molecule has 0 aromatic heterocycles. The van der Waals surface area contributed by atoms with E-state index in [1.54, 1.807) is 83.0 Å². The Bertz CT molecular complexity index is 2470. The summed E-state index contributed by atoms with van der Waals surface area (Å²) in [6, 6.07) is 44.3. The van der Waals surface area contributed by atoms with E-state index in [4.69, 9.17) is 48.0 Å². The van der Waals surface area contributed by atoms with Crippen molar-refractivity contribution in [1.82, 2.24) is 0 Å². The summed E-state index contributed by atoms with van der Waals surface area (Å²) in [6.07, 6.45) is 3.03. The van der Waals surface area contributed by atoms with Crippen LogP contribution in [-0.4, -0.2) is 63.8 Å². The van der Waals surface area contributed by atoms with Crippen LogP contribution in [-0.2, 0) is 45.5 Å². The molecule has 70 heavy (non-hydrogen) atoms. The zero-order valence-corrected chi connectivity index (χ0v) is 38.4. The van der Waals surface area contributed by atoms with E-state index in [2.05, 4.69) is 0 Å². The summed E-state index contributed by atoms with van der Waals surface area (Å²) in [6.45, 7) is 0.775. The van der Waals surface area contributed by atoms with E-state index in [-0.39, 0.29) is 41.0 Å². The maximum absolute atomic E-state index is 12.4. The van der Waals surface area contributed by atoms with Gasteiger partial charge in [-0.3, -0.25) is 25.0 Å². The first kappa shape index (κ1) is 57.7. The molecule has 0 bridgehead atoms. The van der Waals surface area contributed by atoms with Gasteiger partial charge in [0.05, 0.1) is 40.8 Å². The molecular weight excluding hydrogens is 901 g/mol. The third kappa shape index (κ3) is 21.9. The second-order valence-electron chi connectivity index (χ2n) is 14.6. The molecular formula is C54H62N2O14. The largest absolute Gasteiger partial charge is 0.497 e. The van der Waals surface area contributed by atoms with E-state index in [1.807, 2.05) is 97.1 Å². The Morgan fingerprint density at radius 3 is 1.19 bits per heavy atom. The van der Waals surface area contributed by atoms with Crippen molar-refractivity contribution in [3.63, 3.8) is 0 Å². The van der Waals surface area contributed by atoms with Crippen molar-refractivity contribution in [2.45, 2.75) is 53.6 Å². The van der Waals surface area contributed by atoms with E-state index in [9.17, 15) is 19.7 Å². The van der Waals surface area contributed by atoms with Crippen molar-refractivity contribution in [3.05, 3.63) is 205 Å². The van der Waals surface area contributed by atoms with Gasteiger partial charge < -0.3 is 37.9 Å². The van der Waals surface area contributed by atoms with Crippen LogP contribution in [0.4, 0.5) is 0 Å². The van der Waals surface area contributed by atoms with Gasteiger partial charge in [-0.15, -0.1) is 0 Å². The summed E-state index contributed by atoms with van der Waals surface area (Å²) < 4.78 is 42.7. The van der Waals surface area contributed by atoms with Gasteiger partial charge in [0.1, 0.15) is 60.9 Å². The number of ether oxygens (including phenoxy) is 8. The first-order valence-corrected chi connectivity index (χ1v) is 21.0. The fraction of sp³-hybridized carbons (Fsp3) is 0.259. The Labute approximate surface area is 409 Å². The van der Waals surface area contributed by atoms with Crippen LogP contribution >= 0.6 is 0 Å². The Morgan fingerprint density at radius 2 is 0.829 bits per heavy atom. The number of carbonyl (C=O) groups excluding carboxylic acids is 2. The quantitative estimate of drug-likeness (QED) is 0.0286. The molecule has 0 spiro atoms. The average molecular weight is 963 g/mol. The molecule has 0 fully saturated rings. The van der Waals surface area contributed by atoms with Crippen molar-refractivity contribution in [2.75, 3.05) is 42.0 Å². The molecule has 0 heterocycles. The Kier molecular flexibility index (Phi) is 26.0. The highest BCUT2D eigenvalue weighted by molar-refractivity contribution is 5.87. The lowest BCUT2D eigenvalue weighted by molar-refractivity contribution is -0.483. The summed E-state index contributed by atoms with van der Waals surface area (Å²) in [5, 5.41) is 20.0. The number of benzene rings is 6. The van der Waals surface area contributed by atoms with Gasteiger partial charge in [-0.2, -0.15) is 0 Å². The fourth-order valence-electron chi connectivity index (χ4n) is 5.99. The predicted molar refractivity (Wildman–Crippen MR) is 268 cm³/mol. The van der Waals surface area contributed by atoms with Gasteiger partial charge in [0.2, 0.25) is 6.54 Å². The van der Waals surface area contributed by atoms with Gasteiger partial charge in [0.25, 0.3) is 0 Å². The average Bonchev–Trinajstić information content (AvgIpc) is 3.36. The molecule has 0 saturated heterocycles. The number of hydrogen-bond acceptors (Lipinski definition) is 14. The number of carbonyl (C=O) groups is 2. The van der Waals surface area contributed by atoms with Crippen LogP contribution in [0.1, 0.15) is 60.6 Å². The van der Waals surface area contributed by atoms with Gasteiger partial charge in [-0.05, 0) is 112 Å². The van der Waals surface area contributed by atoms with Crippen LogP contribution in [0.2, 0.25) is 0 Å². The first-order valence-electron chi connectivity index (χ1n) is 21.0. The molecule has 0 aliphatic heterocycles. The van der Waals surface area contributed by atoms with Crippen molar-refractivity contribution in [3.8, 4) is 34.5 Å². The van der Waals surface area contributed by atoms with Gasteiger partial charge in [-0.1, -0.05) is 87.6 Å². The summed E-state index contributed by atoms with van der Waals surface area (Å²) >= 11 is 0. The summed E-state index contributed by atoms with van der Waals surface area (Å²) in [5.41, 5.74) is 5.30. The zero-order chi connectivity index (χ0) is 49.1. The standard InChI is InChI=1S/C26H27NO7.C25H24O5.CH3NO2.2CH4/c1-31-23-9-3-19(4-10-23)17-33-25-13-7-21(8-14-25)22(16-27(29)30)15-26(28)34-18-20-5-11-24(32-2)12-6-20;1-27-22-10-5-20(6-11-22)17-29-24-14-3-19(4-15-24)9-16-25(26)30-18-21-7-12-23(28-2)13-8-21;1-2(3)4;;/h3-14,22H,15-18H2,1-2H3;3-16H,17-18H2,1-2H3;1H3;2*1H4/b;16-9+;;;. The normalized spacial score (nSPS) is 10.4. The third-order valence-electron chi connectivity index (χ3n) is 9.65. The monoisotopic (exact) mass is 962 g/mol. The number of methoxy groups -OCH3 is 4. The Hall–Kier alpha value is -8.40. The highest BCUT2D eigenvalue weighted by Gasteiger charge is 2.23. The Morgan fingerprint density at radius 1 is 0.500 bits per heavy atom. The van der Waals surface area contributed by atoms with E-state index in [0.717, 1.165) is 57.9 Å². The molecule has 1 unspecified atom stereocenters. The number of esters is 2. The van der Waals surface area contributed by atoms with Crippen molar-refractivity contribution in [2.24, 2.45) is 0 Å². The van der Waals surface area contributed by atoms with Crippen LogP contribution < -0.4 is 28.4 Å². The third-order valence-corrected chi connectivity index (χ3v) is 9.65. The molecule has 372 valence electrons. The maximum atomic E-state index is 12.4. The molecule has 0 saturated carbocycles. The molecule has 16 nitrogen and oxygen atoms in total. The van der Waals surface area contributed by atoms with E-state index in [0.29, 0.717) is 30.3 Å². The number of nitro groups is 2. The highest BCUT2D eigenvalue weighted by atomic mass is 16.6. The molecule has 16 heteroatoms. The van der Waals surface area contributed by atoms with Crippen LogP contribution in [0.25, 0.3) is 6.08 Å². The molecule has 6 aromatic rings.